The highest BCUT2D eigenvalue weighted by molar-refractivity contribution is 6.30. The van der Waals surface area contributed by atoms with Crippen molar-refractivity contribution in [2.75, 3.05) is 19.0 Å². The molecule has 0 saturated heterocycles. The predicted molar refractivity (Wildman–Crippen MR) is 106 cm³/mol. The summed E-state index contributed by atoms with van der Waals surface area (Å²) in [7, 11) is 1.63. The number of hydrogen-bond acceptors (Lipinski definition) is 3. The van der Waals surface area contributed by atoms with Crippen LogP contribution in [0.4, 0.5) is 5.69 Å². The molecule has 1 fully saturated rings. The van der Waals surface area contributed by atoms with Crippen LogP contribution in [-0.2, 0) is 16.0 Å². The van der Waals surface area contributed by atoms with Gasteiger partial charge in [-0.25, -0.2) is 0 Å². The Hall–Kier alpha value is -2.53. The first kappa shape index (κ1) is 19.2. The molecule has 0 aliphatic heterocycles. The summed E-state index contributed by atoms with van der Waals surface area (Å²) in [5.41, 5.74) is 2.67. The number of carbonyl (C=O) groups is 2. The summed E-state index contributed by atoms with van der Waals surface area (Å²) >= 11 is 5.93. The lowest BCUT2D eigenvalue weighted by molar-refractivity contribution is -0.125. The molecule has 2 N–H and O–H groups in total. The minimum atomic E-state index is -0.272. The summed E-state index contributed by atoms with van der Waals surface area (Å²) in [6, 6.07) is 13.0. The predicted octanol–water partition coefficient (Wildman–Crippen LogP) is 3.59. The molecule has 2 aromatic carbocycles. The van der Waals surface area contributed by atoms with E-state index in [1.807, 2.05) is 31.2 Å². The molecule has 3 rings (SSSR count). The zero-order valence-electron chi connectivity index (χ0n) is 15.4. The molecule has 5 nitrogen and oxygen atoms in total. The van der Waals surface area contributed by atoms with E-state index in [9.17, 15) is 9.59 Å². The number of nitrogens with one attached hydrogen (secondary N) is 2. The van der Waals surface area contributed by atoms with Gasteiger partial charge in [0.25, 0.3) is 0 Å². The van der Waals surface area contributed by atoms with Crippen LogP contribution >= 0.6 is 11.6 Å². The van der Waals surface area contributed by atoms with Crippen molar-refractivity contribution in [3.05, 3.63) is 58.6 Å². The first-order valence-corrected chi connectivity index (χ1v) is 9.34. The second kappa shape index (κ2) is 8.44. The lowest BCUT2D eigenvalue weighted by atomic mass is 10.1. The third-order valence-electron chi connectivity index (χ3n) is 4.80. The van der Waals surface area contributed by atoms with E-state index in [0.29, 0.717) is 24.4 Å². The Balaban J connectivity index is 1.46. The van der Waals surface area contributed by atoms with E-state index in [0.717, 1.165) is 22.6 Å². The average Bonchev–Trinajstić information content (AvgIpc) is 3.45. The van der Waals surface area contributed by atoms with Gasteiger partial charge >= 0.3 is 0 Å². The van der Waals surface area contributed by atoms with Crippen molar-refractivity contribution in [3.63, 3.8) is 0 Å². The van der Waals surface area contributed by atoms with E-state index >= 15 is 0 Å². The number of benzene rings is 2. The number of aryl methyl sites for hydroxylation is 1. The Labute approximate surface area is 164 Å². The van der Waals surface area contributed by atoms with Gasteiger partial charge < -0.3 is 15.4 Å². The molecule has 1 aliphatic rings. The molecule has 0 radical (unpaired) electrons. The first-order chi connectivity index (χ1) is 13.0. The Morgan fingerprint density at radius 2 is 1.89 bits per heavy atom. The molecule has 0 spiro atoms. The first-order valence-electron chi connectivity index (χ1n) is 8.96. The van der Waals surface area contributed by atoms with Crippen molar-refractivity contribution in [3.8, 4) is 5.75 Å². The summed E-state index contributed by atoms with van der Waals surface area (Å²) < 4.78 is 5.31. The van der Waals surface area contributed by atoms with Gasteiger partial charge in [0.15, 0.2) is 0 Å². The van der Waals surface area contributed by atoms with E-state index in [2.05, 4.69) is 10.6 Å². The molecule has 142 valence electrons. The monoisotopic (exact) mass is 386 g/mol. The Morgan fingerprint density at radius 3 is 2.63 bits per heavy atom. The molecule has 27 heavy (non-hydrogen) atoms. The molecule has 0 heterocycles. The third-order valence-corrected chi connectivity index (χ3v) is 5.03. The maximum atomic E-state index is 12.4. The van der Waals surface area contributed by atoms with E-state index in [1.54, 1.807) is 25.3 Å². The number of methoxy groups -OCH3 is 1. The molecular formula is C21H23ClN2O3. The topological polar surface area (TPSA) is 67.4 Å². The van der Waals surface area contributed by atoms with Crippen LogP contribution in [0.2, 0.25) is 5.02 Å². The SMILES string of the molecule is COc1ccccc1CCNC(=O)C1CC1C(=O)Nc1ccc(Cl)cc1C. The zero-order valence-corrected chi connectivity index (χ0v) is 16.2. The molecule has 6 heteroatoms. The largest absolute Gasteiger partial charge is 0.496 e. The Bertz CT molecular complexity index is 853. The Morgan fingerprint density at radius 1 is 1.15 bits per heavy atom. The summed E-state index contributed by atoms with van der Waals surface area (Å²) in [4.78, 5) is 24.7. The van der Waals surface area contributed by atoms with Gasteiger partial charge in [-0.1, -0.05) is 29.8 Å². The van der Waals surface area contributed by atoms with Gasteiger partial charge in [-0.15, -0.1) is 0 Å². The molecule has 2 aromatic rings. The third kappa shape index (κ3) is 4.80. The van der Waals surface area contributed by atoms with Gasteiger partial charge in [-0.05, 0) is 55.2 Å². The molecule has 1 saturated carbocycles. The highest BCUT2D eigenvalue weighted by Gasteiger charge is 2.47. The zero-order chi connectivity index (χ0) is 19.4. The number of carbonyl (C=O) groups excluding carboxylic acids is 2. The van der Waals surface area contributed by atoms with Crippen molar-refractivity contribution < 1.29 is 14.3 Å². The number of ether oxygens (including phenoxy) is 1. The van der Waals surface area contributed by atoms with Gasteiger partial charge in [0.1, 0.15) is 5.75 Å². The van der Waals surface area contributed by atoms with Crippen molar-refractivity contribution in [1.29, 1.82) is 0 Å². The molecule has 0 aromatic heterocycles. The lowest BCUT2D eigenvalue weighted by Crippen LogP contribution is -2.29. The number of amides is 2. The number of para-hydroxylation sites is 1. The smallest absolute Gasteiger partial charge is 0.228 e. The van der Waals surface area contributed by atoms with Crippen LogP contribution < -0.4 is 15.4 Å². The van der Waals surface area contributed by atoms with Gasteiger partial charge in [-0.2, -0.15) is 0 Å². The standard InChI is InChI=1S/C21H23ClN2O3/c1-13-11-15(22)7-8-18(13)24-21(26)17-12-16(17)20(25)23-10-9-14-5-3-4-6-19(14)27-2/h3-8,11,16-17H,9-10,12H2,1-2H3,(H,23,25)(H,24,26). The summed E-state index contributed by atoms with van der Waals surface area (Å²) in [6.45, 7) is 2.40. The normalized spacial score (nSPS) is 17.9. The van der Waals surface area contributed by atoms with Crippen LogP contribution in [0, 0.1) is 18.8 Å². The maximum absolute atomic E-state index is 12.4. The van der Waals surface area contributed by atoms with E-state index in [1.165, 1.54) is 0 Å². The highest BCUT2D eigenvalue weighted by Crippen LogP contribution is 2.39. The fourth-order valence-corrected chi connectivity index (χ4v) is 3.35. The quantitative estimate of drug-likeness (QED) is 0.764. The van der Waals surface area contributed by atoms with Crippen molar-refractivity contribution >= 4 is 29.1 Å². The number of anilines is 1. The minimum absolute atomic E-state index is 0.0714. The second-order valence-electron chi connectivity index (χ2n) is 6.75. The summed E-state index contributed by atoms with van der Waals surface area (Å²) in [5.74, 6) is 0.0959. The highest BCUT2D eigenvalue weighted by atomic mass is 35.5. The van der Waals surface area contributed by atoms with Crippen LogP contribution in [0.15, 0.2) is 42.5 Å². The number of rotatable bonds is 7. The molecular weight excluding hydrogens is 364 g/mol. The van der Waals surface area contributed by atoms with Gasteiger partial charge in [0.05, 0.1) is 18.9 Å². The summed E-state index contributed by atoms with van der Waals surface area (Å²) in [5, 5.41) is 6.44. The van der Waals surface area contributed by atoms with Crippen LogP contribution in [0.25, 0.3) is 0 Å². The van der Waals surface area contributed by atoms with E-state index < -0.39 is 0 Å². The van der Waals surface area contributed by atoms with E-state index in [4.69, 9.17) is 16.3 Å². The maximum Gasteiger partial charge on any atom is 0.228 e. The fourth-order valence-electron chi connectivity index (χ4n) is 3.13. The van der Waals surface area contributed by atoms with Crippen molar-refractivity contribution in [2.24, 2.45) is 11.8 Å². The molecule has 2 unspecified atom stereocenters. The number of halogens is 1. The van der Waals surface area contributed by atoms with Gasteiger partial charge in [-0.3, -0.25) is 9.59 Å². The minimum Gasteiger partial charge on any atom is -0.496 e. The average molecular weight is 387 g/mol. The molecule has 1 aliphatic carbocycles. The molecule has 0 bridgehead atoms. The van der Waals surface area contributed by atoms with Crippen molar-refractivity contribution in [2.45, 2.75) is 19.8 Å². The van der Waals surface area contributed by atoms with Gasteiger partial charge in [0, 0.05) is 17.3 Å². The van der Waals surface area contributed by atoms with Crippen LogP contribution in [0.3, 0.4) is 0 Å². The van der Waals surface area contributed by atoms with Crippen LogP contribution in [-0.4, -0.2) is 25.5 Å². The second-order valence-corrected chi connectivity index (χ2v) is 7.19. The fraction of sp³-hybridized carbons (Fsp3) is 0.333. The molecule has 2 amide bonds. The molecule has 2 atom stereocenters. The van der Waals surface area contributed by atoms with E-state index in [-0.39, 0.29) is 23.7 Å². The number of hydrogen-bond donors (Lipinski definition) is 2. The Kier molecular flexibility index (Phi) is 6.01. The van der Waals surface area contributed by atoms with Gasteiger partial charge in [0.2, 0.25) is 11.8 Å². The lowest BCUT2D eigenvalue weighted by Gasteiger charge is -2.10. The summed E-state index contributed by atoms with van der Waals surface area (Å²) in [6.07, 6.45) is 1.27. The van der Waals surface area contributed by atoms with Crippen LogP contribution in [0.1, 0.15) is 17.5 Å². The van der Waals surface area contributed by atoms with Crippen LogP contribution in [0.5, 0.6) is 5.75 Å². The van der Waals surface area contributed by atoms with Crippen molar-refractivity contribution in [1.82, 2.24) is 5.32 Å².